The van der Waals surface area contributed by atoms with Crippen molar-refractivity contribution in [3.63, 3.8) is 0 Å². The van der Waals surface area contributed by atoms with E-state index in [1.165, 1.54) is 24.3 Å². The molecule has 0 aliphatic rings. The molecule has 5 nitrogen and oxygen atoms in total. The third-order valence-corrected chi connectivity index (χ3v) is 3.51. The lowest BCUT2D eigenvalue weighted by atomic mass is 10.2. The zero-order valence-electron chi connectivity index (χ0n) is 11.8. The fourth-order valence-electron chi connectivity index (χ4n) is 1.66. The number of nitrogens with one attached hydrogen (secondary N) is 1. The summed E-state index contributed by atoms with van der Waals surface area (Å²) >= 11 is 1.40. The number of hydrogen-bond acceptors (Lipinski definition) is 4. The second-order valence-corrected chi connectivity index (χ2v) is 5.50. The van der Waals surface area contributed by atoms with E-state index < -0.39 is 5.97 Å². The van der Waals surface area contributed by atoms with Crippen molar-refractivity contribution in [3.8, 4) is 0 Å². The number of aliphatic carboxylic acids is 1. The fraction of sp³-hybridized carbons (Fsp3) is 0.0625. The topological polar surface area (TPSA) is 79.3 Å². The smallest absolute Gasteiger partial charge is 0.328 e. The van der Waals surface area contributed by atoms with Crippen molar-refractivity contribution in [1.29, 1.82) is 0 Å². The van der Waals surface area contributed by atoms with Crippen molar-refractivity contribution in [2.75, 3.05) is 5.32 Å². The van der Waals surface area contributed by atoms with Gasteiger partial charge in [0.2, 0.25) is 5.91 Å². The van der Waals surface area contributed by atoms with Crippen molar-refractivity contribution < 1.29 is 14.7 Å². The molecule has 1 heterocycles. The molecular formula is C16H14N2O3S. The lowest BCUT2D eigenvalue weighted by molar-refractivity contribution is -0.131. The van der Waals surface area contributed by atoms with E-state index in [1.807, 2.05) is 36.4 Å². The predicted octanol–water partition coefficient (Wildman–Crippen LogP) is 3.37. The normalized spacial score (nSPS) is 11.1. The van der Waals surface area contributed by atoms with Crippen LogP contribution >= 0.6 is 11.3 Å². The molecule has 112 valence electrons. The first-order valence-electron chi connectivity index (χ1n) is 6.45. The SMILES string of the molecule is CC(=O)Nc1ccc(/C=C/c2ncc(/C=C/C(=O)O)s2)cc1. The van der Waals surface area contributed by atoms with Gasteiger partial charge < -0.3 is 10.4 Å². The predicted molar refractivity (Wildman–Crippen MR) is 88.5 cm³/mol. The average molecular weight is 314 g/mol. The molecule has 0 saturated carbocycles. The Bertz CT molecular complexity index is 730. The lowest BCUT2D eigenvalue weighted by Crippen LogP contribution is -2.05. The van der Waals surface area contributed by atoms with Gasteiger partial charge in [0.1, 0.15) is 5.01 Å². The quantitative estimate of drug-likeness (QED) is 0.829. The average Bonchev–Trinajstić information content (AvgIpc) is 2.92. The van der Waals surface area contributed by atoms with Gasteiger partial charge in [-0.25, -0.2) is 9.78 Å². The summed E-state index contributed by atoms with van der Waals surface area (Å²) in [4.78, 5) is 26.4. The van der Waals surface area contributed by atoms with Crippen LogP contribution in [0.1, 0.15) is 22.4 Å². The number of nitrogens with zero attached hydrogens (tertiary/aromatic N) is 1. The maximum absolute atomic E-state index is 10.9. The molecule has 6 heteroatoms. The summed E-state index contributed by atoms with van der Waals surface area (Å²) in [6, 6.07) is 7.43. The maximum Gasteiger partial charge on any atom is 0.328 e. The van der Waals surface area contributed by atoms with Gasteiger partial charge in [-0.3, -0.25) is 4.79 Å². The second-order valence-electron chi connectivity index (χ2n) is 4.41. The number of rotatable bonds is 5. The van der Waals surface area contributed by atoms with Crippen LogP contribution in [0.15, 0.2) is 36.5 Å². The highest BCUT2D eigenvalue weighted by Gasteiger charge is 1.98. The summed E-state index contributed by atoms with van der Waals surface area (Å²) in [5, 5.41) is 12.1. The molecule has 2 aromatic rings. The summed E-state index contributed by atoms with van der Waals surface area (Å²) < 4.78 is 0. The van der Waals surface area contributed by atoms with Gasteiger partial charge in [0.25, 0.3) is 0 Å². The summed E-state index contributed by atoms with van der Waals surface area (Å²) in [5.74, 6) is -1.09. The van der Waals surface area contributed by atoms with Crippen LogP contribution < -0.4 is 5.32 Å². The standard InChI is InChI=1S/C16H14N2O3S/c1-11(19)18-13-5-2-12(3-6-13)4-8-15-17-10-14(22-15)7-9-16(20)21/h2-10H,1H3,(H,18,19)(H,20,21)/b8-4+,9-7+. The van der Waals surface area contributed by atoms with Crippen molar-refractivity contribution in [2.45, 2.75) is 6.92 Å². The Labute approximate surface area is 131 Å². The van der Waals surface area contributed by atoms with E-state index in [9.17, 15) is 9.59 Å². The van der Waals surface area contributed by atoms with Crippen molar-refractivity contribution >= 4 is 47.1 Å². The highest BCUT2D eigenvalue weighted by atomic mass is 32.1. The first-order chi connectivity index (χ1) is 10.5. The van der Waals surface area contributed by atoms with Gasteiger partial charge in [-0.05, 0) is 29.8 Å². The van der Waals surface area contributed by atoms with Crippen LogP contribution in [0, 0.1) is 0 Å². The van der Waals surface area contributed by atoms with Crippen molar-refractivity contribution in [2.24, 2.45) is 0 Å². The van der Waals surface area contributed by atoms with Gasteiger partial charge in [-0.15, -0.1) is 11.3 Å². The largest absolute Gasteiger partial charge is 0.478 e. The minimum absolute atomic E-state index is 0.104. The van der Waals surface area contributed by atoms with Gasteiger partial charge >= 0.3 is 5.97 Å². The van der Waals surface area contributed by atoms with Crippen LogP contribution in [0.2, 0.25) is 0 Å². The molecule has 0 unspecified atom stereocenters. The number of hydrogen-bond donors (Lipinski definition) is 2. The minimum atomic E-state index is -0.982. The molecule has 0 radical (unpaired) electrons. The molecule has 1 aromatic heterocycles. The highest BCUT2D eigenvalue weighted by molar-refractivity contribution is 7.13. The number of anilines is 1. The first-order valence-corrected chi connectivity index (χ1v) is 7.27. The zero-order valence-corrected chi connectivity index (χ0v) is 12.6. The van der Waals surface area contributed by atoms with Crippen LogP contribution in [0.5, 0.6) is 0 Å². The number of carbonyl (C=O) groups is 2. The second kappa shape index (κ2) is 7.33. The molecule has 0 fully saturated rings. The summed E-state index contributed by atoms with van der Waals surface area (Å²) in [6.07, 6.45) is 7.99. The van der Waals surface area contributed by atoms with Crippen LogP contribution in [-0.2, 0) is 9.59 Å². The Balaban J connectivity index is 2.02. The molecule has 1 aromatic carbocycles. The van der Waals surface area contributed by atoms with Crippen LogP contribution in [-0.4, -0.2) is 22.0 Å². The Morgan fingerprint density at radius 2 is 1.91 bits per heavy atom. The molecule has 2 rings (SSSR count). The van der Waals surface area contributed by atoms with Crippen LogP contribution in [0.3, 0.4) is 0 Å². The Morgan fingerprint density at radius 3 is 2.55 bits per heavy atom. The number of thiazole rings is 1. The summed E-state index contributed by atoms with van der Waals surface area (Å²) in [6.45, 7) is 1.46. The number of benzene rings is 1. The lowest BCUT2D eigenvalue weighted by Gasteiger charge is -2.01. The van der Waals surface area contributed by atoms with Gasteiger partial charge in [0.15, 0.2) is 0 Å². The molecule has 0 saturated heterocycles. The molecule has 2 N–H and O–H groups in total. The van der Waals surface area contributed by atoms with Crippen molar-refractivity contribution in [3.05, 3.63) is 52.0 Å². The number of carbonyl (C=O) groups excluding carboxylic acids is 1. The van der Waals surface area contributed by atoms with Gasteiger partial charge in [0.05, 0.1) is 0 Å². The third kappa shape index (κ3) is 4.99. The molecule has 1 amide bonds. The highest BCUT2D eigenvalue weighted by Crippen LogP contribution is 2.18. The Morgan fingerprint density at radius 1 is 1.18 bits per heavy atom. The molecule has 0 aliphatic heterocycles. The molecule has 0 bridgehead atoms. The van der Waals surface area contributed by atoms with E-state index in [4.69, 9.17) is 5.11 Å². The van der Waals surface area contributed by atoms with Crippen molar-refractivity contribution in [1.82, 2.24) is 4.98 Å². The minimum Gasteiger partial charge on any atom is -0.478 e. The molecule has 0 atom stereocenters. The molecular weight excluding hydrogens is 300 g/mol. The van der Waals surface area contributed by atoms with E-state index in [-0.39, 0.29) is 5.91 Å². The third-order valence-electron chi connectivity index (χ3n) is 2.58. The summed E-state index contributed by atoms with van der Waals surface area (Å²) in [5.41, 5.74) is 1.73. The monoisotopic (exact) mass is 314 g/mol. The number of carboxylic acids is 1. The van der Waals surface area contributed by atoms with E-state index in [1.54, 1.807) is 6.20 Å². The molecule has 0 aliphatic carbocycles. The number of aromatic nitrogens is 1. The zero-order chi connectivity index (χ0) is 15.9. The number of amides is 1. The first kappa shape index (κ1) is 15.7. The Hall–Kier alpha value is -2.73. The molecule has 0 spiro atoms. The molecule has 22 heavy (non-hydrogen) atoms. The van der Waals surface area contributed by atoms with Crippen LogP contribution in [0.25, 0.3) is 18.2 Å². The van der Waals surface area contributed by atoms with E-state index in [0.717, 1.165) is 27.2 Å². The van der Waals surface area contributed by atoms with E-state index in [2.05, 4.69) is 10.3 Å². The van der Waals surface area contributed by atoms with Gasteiger partial charge in [-0.1, -0.05) is 18.2 Å². The summed E-state index contributed by atoms with van der Waals surface area (Å²) in [7, 11) is 0. The van der Waals surface area contributed by atoms with Crippen LogP contribution in [0.4, 0.5) is 5.69 Å². The Kier molecular flexibility index (Phi) is 5.21. The van der Waals surface area contributed by atoms with Gasteiger partial charge in [0, 0.05) is 29.8 Å². The van der Waals surface area contributed by atoms with E-state index in [0.29, 0.717) is 0 Å². The number of carboxylic acid groups (broad SMARTS) is 1. The fourth-order valence-corrected chi connectivity index (χ4v) is 2.38. The van der Waals surface area contributed by atoms with Gasteiger partial charge in [-0.2, -0.15) is 0 Å². The maximum atomic E-state index is 10.9. The van der Waals surface area contributed by atoms with E-state index >= 15 is 0 Å².